The maximum absolute atomic E-state index is 11.6. The zero-order valence-electron chi connectivity index (χ0n) is 12.8. The molecule has 1 rings (SSSR count). The summed E-state index contributed by atoms with van der Waals surface area (Å²) in [5, 5.41) is 13.0. The normalized spacial score (nSPS) is 13.0. The number of ether oxygens (including phenoxy) is 1. The van der Waals surface area contributed by atoms with Crippen LogP contribution in [0.3, 0.4) is 0 Å². The number of nitrogens with one attached hydrogen (secondary N) is 3. The van der Waals surface area contributed by atoms with Crippen molar-refractivity contribution in [3.8, 4) is 0 Å². The molecule has 0 radical (unpaired) electrons. The third-order valence-electron chi connectivity index (χ3n) is 2.67. The average molecular weight is 282 g/mol. The predicted molar refractivity (Wildman–Crippen MR) is 78.4 cm³/mol. The molecule has 0 fully saturated rings. The van der Waals surface area contributed by atoms with Crippen LogP contribution in [0.4, 0.5) is 4.79 Å². The first-order valence-electron chi connectivity index (χ1n) is 7.09. The molecule has 1 unspecified atom stereocenters. The second kappa shape index (κ2) is 7.89. The lowest BCUT2D eigenvalue weighted by Crippen LogP contribution is -2.42. The molecule has 3 N–H and O–H groups in total. The number of hydrogen-bond acceptors (Lipinski definition) is 4. The minimum atomic E-state index is -0.465. The van der Waals surface area contributed by atoms with Crippen molar-refractivity contribution in [2.75, 3.05) is 6.54 Å². The summed E-state index contributed by atoms with van der Waals surface area (Å²) in [7, 11) is 0. The molecular weight excluding hydrogens is 256 g/mol. The van der Waals surface area contributed by atoms with E-state index in [4.69, 9.17) is 4.74 Å². The first-order chi connectivity index (χ1) is 9.40. The summed E-state index contributed by atoms with van der Waals surface area (Å²) in [6.07, 6.45) is 3.40. The largest absolute Gasteiger partial charge is 0.444 e. The van der Waals surface area contributed by atoms with Crippen LogP contribution in [0.15, 0.2) is 12.3 Å². The molecule has 0 spiro atoms. The Morgan fingerprint density at radius 1 is 1.50 bits per heavy atom. The third kappa shape index (κ3) is 7.13. The highest BCUT2D eigenvalue weighted by Crippen LogP contribution is 2.06. The van der Waals surface area contributed by atoms with E-state index in [2.05, 4.69) is 27.8 Å². The number of rotatable bonds is 7. The van der Waals surface area contributed by atoms with Gasteiger partial charge in [0, 0.05) is 31.0 Å². The van der Waals surface area contributed by atoms with Gasteiger partial charge in [-0.1, -0.05) is 13.3 Å². The molecule has 0 aromatic carbocycles. The first kappa shape index (κ1) is 16.5. The lowest BCUT2D eigenvalue weighted by atomic mass is 10.1. The molecule has 0 saturated heterocycles. The average Bonchev–Trinajstić information content (AvgIpc) is 2.83. The van der Waals surface area contributed by atoms with Crippen molar-refractivity contribution in [1.29, 1.82) is 0 Å². The van der Waals surface area contributed by atoms with Crippen molar-refractivity contribution < 1.29 is 9.53 Å². The van der Waals surface area contributed by atoms with Gasteiger partial charge >= 0.3 is 6.09 Å². The Hall–Kier alpha value is -1.56. The molecule has 6 heteroatoms. The molecule has 0 aliphatic rings. The van der Waals surface area contributed by atoms with Crippen molar-refractivity contribution in [3.63, 3.8) is 0 Å². The van der Waals surface area contributed by atoms with Crippen molar-refractivity contribution in [2.24, 2.45) is 0 Å². The number of H-pyrrole nitrogens is 1. The molecule has 20 heavy (non-hydrogen) atoms. The predicted octanol–water partition coefficient (Wildman–Crippen LogP) is 2.19. The van der Waals surface area contributed by atoms with Crippen LogP contribution in [0.2, 0.25) is 0 Å². The molecule has 1 aromatic rings. The van der Waals surface area contributed by atoms with E-state index in [1.165, 1.54) is 0 Å². The number of carbonyl (C=O) groups is 1. The molecule has 1 aromatic heterocycles. The van der Waals surface area contributed by atoms with Gasteiger partial charge in [-0.05, 0) is 33.3 Å². The molecule has 0 saturated carbocycles. The molecule has 1 atom stereocenters. The smallest absolute Gasteiger partial charge is 0.407 e. The minimum Gasteiger partial charge on any atom is -0.444 e. The van der Waals surface area contributed by atoms with Crippen molar-refractivity contribution >= 4 is 6.09 Å². The molecule has 1 amide bonds. The van der Waals surface area contributed by atoms with E-state index in [1.54, 1.807) is 6.20 Å². The second-order valence-electron chi connectivity index (χ2n) is 5.83. The van der Waals surface area contributed by atoms with Crippen LogP contribution in [0, 0.1) is 0 Å². The topological polar surface area (TPSA) is 79.0 Å². The maximum Gasteiger partial charge on any atom is 0.407 e. The van der Waals surface area contributed by atoms with Gasteiger partial charge in [-0.15, -0.1) is 0 Å². The molecule has 0 aliphatic carbocycles. The number of alkyl carbamates (subject to hydrolysis) is 1. The summed E-state index contributed by atoms with van der Waals surface area (Å²) >= 11 is 0. The van der Waals surface area contributed by atoms with E-state index in [1.807, 2.05) is 26.8 Å². The highest BCUT2D eigenvalue weighted by atomic mass is 16.6. The number of aromatic amines is 1. The van der Waals surface area contributed by atoms with Gasteiger partial charge < -0.3 is 15.4 Å². The summed E-state index contributed by atoms with van der Waals surface area (Å²) < 4.78 is 5.22. The third-order valence-corrected chi connectivity index (χ3v) is 2.67. The fourth-order valence-electron chi connectivity index (χ4n) is 1.78. The van der Waals surface area contributed by atoms with Crippen LogP contribution in [-0.4, -0.2) is 34.5 Å². The van der Waals surface area contributed by atoms with E-state index in [-0.39, 0.29) is 12.1 Å². The lowest BCUT2D eigenvalue weighted by molar-refractivity contribution is 0.0521. The Bertz CT molecular complexity index is 384. The zero-order valence-corrected chi connectivity index (χ0v) is 12.8. The monoisotopic (exact) mass is 282 g/mol. The number of carbonyl (C=O) groups excluding carboxylic acids is 1. The van der Waals surface area contributed by atoms with Crippen LogP contribution in [-0.2, 0) is 11.3 Å². The molecule has 0 aliphatic heterocycles. The summed E-state index contributed by atoms with van der Waals surface area (Å²) in [6, 6.07) is 2.15. The van der Waals surface area contributed by atoms with Crippen LogP contribution in [0.25, 0.3) is 0 Å². The van der Waals surface area contributed by atoms with Gasteiger partial charge in [-0.25, -0.2) is 4.79 Å². The van der Waals surface area contributed by atoms with Gasteiger partial charge in [-0.3, -0.25) is 5.10 Å². The molecule has 6 nitrogen and oxygen atoms in total. The first-order valence-corrected chi connectivity index (χ1v) is 7.09. The van der Waals surface area contributed by atoms with E-state index in [9.17, 15) is 4.79 Å². The molecule has 114 valence electrons. The molecular formula is C14H26N4O2. The van der Waals surface area contributed by atoms with Gasteiger partial charge in [0.15, 0.2) is 0 Å². The van der Waals surface area contributed by atoms with Crippen molar-refractivity contribution in [1.82, 2.24) is 20.8 Å². The van der Waals surface area contributed by atoms with E-state index in [0.29, 0.717) is 13.1 Å². The quantitative estimate of drug-likeness (QED) is 0.716. The van der Waals surface area contributed by atoms with Gasteiger partial charge in [0.25, 0.3) is 0 Å². The Morgan fingerprint density at radius 3 is 2.80 bits per heavy atom. The van der Waals surface area contributed by atoms with Gasteiger partial charge in [0.05, 0.1) is 0 Å². The Kier molecular flexibility index (Phi) is 6.51. The van der Waals surface area contributed by atoms with Gasteiger partial charge in [0.1, 0.15) is 5.60 Å². The number of nitrogens with zero attached hydrogens (tertiary/aromatic N) is 1. The lowest BCUT2D eigenvalue weighted by Gasteiger charge is -2.22. The fourth-order valence-corrected chi connectivity index (χ4v) is 1.78. The summed E-state index contributed by atoms with van der Waals surface area (Å²) in [5.74, 6) is 0. The Balaban J connectivity index is 2.33. The minimum absolute atomic E-state index is 0.218. The summed E-state index contributed by atoms with van der Waals surface area (Å²) in [6.45, 7) is 8.95. The van der Waals surface area contributed by atoms with E-state index < -0.39 is 5.60 Å². The Morgan fingerprint density at radius 2 is 2.25 bits per heavy atom. The number of hydrogen-bond donors (Lipinski definition) is 3. The van der Waals surface area contributed by atoms with Gasteiger partial charge in [-0.2, -0.15) is 5.10 Å². The summed E-state index contributed by atoms with van der Waals surface area (Å²) in [5.41, 5.74) is 0.566. The van der Waals surface area contributed by atoms with Gasteiger partial charge in [0.2, 0.25) is 0 Å². The molecule has 1 heterocycles. The van der Waals surface area contributed by atoms with Crippen LogP contribution in [0.5, 0.6) is 0 Å². The highest BCUT2D eigenvalue weighted by Gasteiger charge is 2.17. The maximum atomic E-state index is 11.6. The van der Waals surface area contributed by atoms with Crippen LogP contribution in [0.1, 0.15) is 46.2 Å². The van der Waals surface area contributed by atoms with Crippen LogP contribution >= 0.6 is 0 Å². The number of amides is 1. The van der Waals surface area contributed by atoms with Crippen molar-refractivity contribution in [2.45, 2.75) is 58.7 Å². The fraction of sp³-hybridized carbons (Fsp3) is 0.714. The van der Waals surface area contributed by atoms with Crippen LogP contribution < -0.4 is 10.6 Å². The second-order valence-corrected chi connectivity index (χ2v) is 5.83. The van der Waals surface area contributed by atoms with E-state index in [0.717, 1.165) is 18.5 Å². The zero-order chi connectivity index (χ0) is 15.0. The molecule has 0 bridgehead atoms. The number of aromatic nitrogens is 2. The standard InChI is InChI=1S/C14H26N4O2/c1-5-6-11(15-10-12-7-8-17-18-12)9-16-13(19)20-14(2,3)4/h7-8,11,15H,5-6,9-10H2,1-4H3,(H,16,19)(H,17,18). The Labute approximate surface area is 120 Å². The summed E-state index contributed by atoms with van der Waals surface area (Å²) in [4.78, 5) is 11.6. The van der Waals surface area contributed by atoms with E-state index >= 15 is 0 Å². The van der Waals surface area contributed by atoms with Crippen molar-refractivity contribution in [3.05, 3.63) is 18.0 Å². The highest BCUT2D eigenvalue weighted by molar-refractivity contribution is 5.67. The SMILES string of the molecule is CCCC(CNC(=O)OC(C)(C)C)NCc1ccn[nH]1.